The van der Waals surface area contributed by atoms with E-state index in [0.717, 1.165) is 38.8 Å². The van der Waals surface area contributed by atoms with Crippen LogP contribution in [-0.2, 0) is 9.59 Å². The summed E-state index contributed by atoms with van der Waals surface area (Å²) in [6, 6.07) is 8.89. The number of piperidine rings is 1. The number of hydrogen-bond acceptors (Lipinski definition) is 3. The molecule has 27 heavy (non-hydrogen) atoms. The van der Waals surface area contributed by atoms with Gasteiger partial charge in [0, 0.05) is 38.0 Å². The Bertz CT molecular complexity index is 665. The molecular formula is C22H30N2O3. The summed E-state index contributed by atoms with van der Waals surface area (Å²) in [5.41, 5.74) is 0.693. The molecule has 5 heteroatoms. The molecule has 2 aliphatic rings. The van der Waals surface area contributed by atoms with Crippen LogP contribution in [0.25, 0.3) is 0 Å². The smallest absolute Gasteiger partial charge is 0.245 e. The molecule has 0 radical (unpaired) electrons. The molecule has 1 aromatic rings. The molecule has 0 N–H and O–H groups in total. The Morgan fingerprint density at radius 3 is 2.37 bits per heavy atom. The van der Waals surface area contributed by atoms with Crippen molar-refractivity contribution >= 4 is 17.6 Å². The number of hydrogen-bond donors (Lipinski definition) is 0. The summed E-state index contributed by atoms with van der Waals surface area (Å²) in [5, 5.41) is 0. The van der Waals surface area contributed by atoms with Gasteiger partial charge in [0.25, 0.3) is 0 Å². The highest BCUT2D eigenvalue weighted by atomic mass is 16.2. The largest absolute Gasteiger partial charge is 0.341 e. The van der Waals surface area contributed by atoms with Crippen molar-refractivity contribution < 1.29 is 14.4 Å². The first-order valence-electron chi connectivity index (χ1n) is 10.2. The number of nitrogens with zero attached hydrogens (tertiary/aromatic N) is 2. The third-order valence-corrected chi connectivity index (χ3v) is 5.84. The Kier molecular flexibility index (Phi) is 6.64. The van der Waals surface area contributed by atoms with Gasteiger partial charge in [0.2, 0.25) is 11.8 Å². The van der Waals surface area contributed by atoms with Crippen LogP contribution in [0.15, 0.2) is 30.3 Å². The zero-order chi connectivity index (χ0) is 19.2. The molecule has 3 rings (SSSR count). The first-order chi connectivity index (χ1) is 13.1. The Labute approximate surface area is 161 Å². The Balaban J connectivity index is 1.48. The van der Waals surface area contributed by atoms with Crippen LogP contribution in [0.4, 0.5) is 0 Å². The number of Topliss-reactive ketones (excluding diaryl/α,β-unsaturated/α-hetero) is 1. The summed E-state index contributed by atoms with van der Waals surface area (Å²) in [6.45, 7) is 4.50. The van der Waals surface area contributed by atoms with Gasteiger partial charge in [0.15, 0.2) is 5.78 Å². The monoisotopic (exact) mass is 370 g/mol. The Morgan fingerprint density at radius 1 is 0.963 bits per heavy atom. The summed E-state index contributed by atoms with van der Waals surface area (Å²) in [5.74, 6) is 0.877. The van der Waals surface area contributed by atoms with Gasteiger partial charge in [0.1, 0.15) is 6.04 Å². The van der Waals surface area contributed by atoms with Crippen LogP contribution in [0.3, 0.4) is 0 Å². The van der Waals surface area contributed by atoms with Gasteiger partial charge in [-0.2, -0.15) is 0 Å². The third-order valence-electron chi connectivity index (χ3n) is 5.84. The first kappa shape index (κ1) is 19.6. The van der Waals surface area contributed by atoms with Gasteiger partial charge in [0.05, 0.1) is 0 Å². The van der Waals surface area contributed by atoms with E-state index < -0.39 is 0 Å². The van der Waals surface area contributed by atoms with E-state index >= 15 is 0 Å². The Morgan fingerprint density at radius 2 is 1.67 bits per heavy atom. The topological polar surface area (TPSA) is 57.7 Å². The number of carbonyl (C=O) groups excluding carboxylic acids is 3. The van der Waals surface area contributed by atoms with Crippen molar-refractivity contribution in [3.05, 3.63) is 35.9 Å². The molecular weight excluding hydrogens is 340 g/mol. The first-order valence-corrected chi connectivity index (χ1v) is 10.2. The summed E-state index contributed by atoms with van der Waals surface area (Å²) in [4.78, 5) is 41.4. The molecule has 1 aromatic carbocycles. The summed E-state index contributed by atoms with van der Waals surface area (Å²) >= 11 is 0. The molecule has 2 saturated heterocycles. The lowest BCUT2D eigenvalue weighted by Gasteiger charge is -2.34. The minimum absolute atomic E-state index is 0.0112. The van der Waals surface area contributed by atoms with Gasteiger partial charge in [-0.05, 0) is 38.0 Å². The van der Waals surface area contributed by atoms with Crippen molar-refractivity contribution in [1.82, 2.24) is 9.80 Å². The third kappa shape index (κ3) is 4.96. The lowest BCUT2D eigenvalue weighted by Crippen LogP contribution is -2.49. The molecule has 1 atom stereocenters. The van der Waals surface area contributed by atoms with E-state index in [0.29, 0.717) is 37.3 Å². The van der Waals surface area contributed by atoms with E-state index in [9.17, 15) is 14.4 Å². The average molecular weight is 370 g/mol. The number of carbonyl (C=O) groups is 3. The molecule has 0 saturated carbocycles. The molecule has 2 amide bonds. The van der Waals surface area contributed by atoms with Gasteiger partial charge < -0.3 is 9.80 Å². The quantitative estimate of drug-likeness (QED) is 0.722. The fourth-order valence-electron chi connectivity index (χ4n) is 4.07. The predicted octanol–water partition coefficient (Wildman–Crippen LogP) is 3.29. The van der Waals surface area contributed by atoms with Crippen LogP contribution in [0.1, 0.15) is 62.2 Å². The standard InChI is InChI=1S/C22H30N2O3/c1-17-12-15-23(16-13-17)22(27)19-9-6-14-24(19)21(26)11-5-10-20(25)18-7-3-2-4-8-18/h2-4,7-8,17,19H,5-6,9-16H2,1H3/t19-/m0/s1. The minimum Gasteiger partial charge on any atom is -0.341 e. The molecule has 0 bridgehead atoms. The summed E-state index contributed by atoms with van der Waals surface area (Å²) in [7, 11) is 0. The highest BCUT2D eigenvalue weighted by molar-refractivity contribution is 5.96. The van der Waals surface area contributed by atoms with Crippen molar-refractivity contribution in [2.45, 2.75) is 57.9 Å². The van der Waals surface area contributed by atoms with Crippen LogP contribution in [0.2, 0.25) is 0 Å². The molecule has 0 unspecified atom stereocenters. The highest BCUT2D eigenvalue weighted by Crippen LogP contribution is 2.24. The lowest BCUT2D eigenvalue weighted by molar-refractivity contribution is -0.144. The number of benzene rings is 1. The molecule has 146 valence electrons. The van der Waals surface area contributed by atoms with Crippen molar-refractivity contribution in [3.8, 4) is 0 Å². The van der Waals surface area contributed by atoms with E-state index in [1.165, 1.54) is 0 Å². The van der Waals surface area contributed by atoms with Gasteiger partial charge in [-0.25, -0.2) is 0 Å². The Hall–Kier alpha value is -2.17. The fraction of sp³-hybridized carbons (Fsp3) is 0.591. The maximum atomic E-state index is 12.9. The zero-order valence-corrected chi connectivity index (χ0v) is 16.2. The molecule has 0 spiro atoms. The van der Waals surface area contributed by atoms with Crippen LogP contribution < -0.4 is 0 Å². The van der Waals surface area contributed by atoms with E-state index in [4.69, 9.17) is 0 Å². The van der Waals surface area contributed by atoms with E-state index in [1.807, 2.05) is 23.1 Å². The van der Waals surface area contributed by atoms with Gasteiger partial charge in [-0.15, -0.1) is 0 Å². The molecule has 2 aliphatic heterocycles. The van der Waals surface area contributed by atoms with Crippen molar-refractivity contribution in [3.63, 3.8) is 0 Å². The number of ketones is 1. The van der Waals surface area contributed by atoms with Crippen LogP contribution in [0.5, 0.6) is 0 Å². The van der Waals surface area contributed by atoms with Gasteiger partial charge in [-0.1, -0.05) is 37.3 Å². The van der Waals surface area contributed by atoms with E-state index in [-0.39, 0.29) is 23.6 Å². The summed E-state index contributed by atoms with van der Waals surface area (Å²) < 4.78 is 0. The SMILES string of the molecule is CC1CCN(C(=O)[C@@H]2CCCN2C(=O)CCCC(=O)c2ccccc2)CC1. The normalized spacial score (nSPS) is 20.7. The zero-order valence-electron chi connectivity index (χ0n) is 16.2. The second-order valence-corrected chi connectivity index (χ2v) is 7.90. The van der Waals surface area contributed by atoms with E-state index in [1.54, 1.807) is 17.0 Å². The number of amides is 2. The molecule has 0 aromatic heterocycles. The second-order valence-electron chi connectivity index (χ2n) is 7.90. The second kappa shape index (κ2) is 9.16. The fourth-order valence-corrected chi connectivity index (χ4v) is 4.07. The predicted molar refractivity (Wildman–Crippen MR) is 104 cm³/mol. The molecule has 0 aliphatic carbocycles. The summed E-state index contributed by atoms with van der Waals surface area (Å²) in [6.07, 6.45) is 4.98. The lowest BCUT2D eigenvalue weighted by atomic mass is 9.98. The number of rotatable bonds is 6. The maximum absolute atomic E-state index is 12.9. The minimum atomic E-state index is -0.296. The van der Waals surface area contributed by atoms with Crippen LogP contribution in [0, 0.1) is 5.92 Å². The highest BCUT2D eigenvalue weighted by Gasteiger charge is 2.36. The number of likely N-dealkylation sites (tertiary alicyclic amines) is 2. The van der Waals surface area contributed by atoms with Crippen LogP contribution in [-0.4, -0.2) is 53.1 Å². The molecule has 2 fully saturated rings. The van der Waals surface area contributed by atoms with Crippen molar-refractivity contribution in [2.75, 3.05) is 19.6 Å². The maximum Gasteiger partial charge on any atom is 0.245 e. The molecule has 5 nitrogen and oxygen atoms in total. The van der Waals surface area contributed by atoms with Gasteiger partial charge >= 0.3 is 0 Å². The average Bonchev–Trinajstić information content (AvgIpc) is 3.18. The van der Waals surface area contributed by atoms with Crippen LogP contribution >= 0.6 is 0 Å². The molecule has 2 heterocycles. The van der Waals surface area contributed by atoms with Crippen molar-refractivity contribution in [1.29, 1.82) is 0 Å². The van der Waals surface area contributed by atoms with Crippen molar-refractivity contribution in [2.24, 2.45) is 5.92 Å². The van der Waals surface area contributed by atoms with E-state index in [2.05, 4.69) is 6.92 Å². The van der Waals surface area contributed by atoms with Gasteiger partial charge in [-0.3, -0.25) is 14.4 Å².